The van der Waals surface area contributed by atoms with Crippen molar-refractivity contribution in [2.24, 2.45) is 11.8 Å². The van der Waals surface area contributed by atoms with Crippen molar-refractivity contribution in [2.75, 3.05) is 13.2 Å². The molecule has 0 aromatic rings. The van der Waals surface area contributed by atoms with Gasteiger partial charge in [-0.1, -0.05) is 140 Å². The second-order valence-corrected chi connectivity index (χ2v) is 16.7. The molecule has 1 saturated carbocycles. The maximum absolute atomic E-state index is 12.5. The maximum atomic E-state index is 12.5. The summed E-state index contributed by atoms with van der Waals surface area (Å²) in [6.45, 7) is 3.33. The van der Waals surface area contributed by atoms with Crippen LogP contribution in [0, 0.1) is 11.8 Å². The van der Waals surface area contributed by atoms with Crippen LogP contribution >= 0.6 is 7.82 Å². The van der Waals surface area contributed by atoms with Crippen molar-refractivity contribution in [1.82, 2.24) is 0 Å². The zero-order chi connectivity index (χ0) is 42.0. The number of aliphatic hydroxyl groups is 2. The Morgan fingerprint density at radius 2 is 1.30 bits per heavy atom. The summed E-state index contributed by atoms with van der Waals surface area (Å²) in [6.07, 6.45) is 36.2. The van der Waals surface area contributed by atoms with E-state index in [0.717, 1.165) is 51.4 Å². The van der Waals surface area contributed by atoms with E-state index in [2.05, 4.69) is 42.7 Å². The van der Waals surface area contributed by atoms with Crippen molar-refractivity contribution >= 4 is 25.5 Å². The lowest BCUT2D eigenvalue weighted by atomic mass is 9.90. The summed E-state index contributed by atoms with van der Waals surface area (Å²) in [5, 5.41) is 20.7. The smallest absolute Gasteiger partial charge is 0.462 e. The number of phosphoric ester groups is 1. The number of esters is 2. The summed E-state index contributed by atoms with van der Waals surface area (Å²) < 4.78 is 26.4. The molecule has 57 heavy (non-hydrogen) atoms. The van der Waals surface area contributed by atoms with E-state index in [1.165, 1.54) is 57.8 Å². The van der Waals surface area contributed by atoms with Crippen molar-refractivity contribution in [2.45, 2.75) is 193 Å². The van der Waals surface area contributed by atoms with Gasteiger partial charge in [-0.3, -0.25) is 18.9 Å². The number of carbonyl (C=O) groups is 3. The molecule has 0 heterocycles. The Balaban J connectivity index is 2.26. The van der Waals surface area contributed by atoms with Crippen LogP contribution < -0.4 is 0 Å². The minimum absolute atomic E-state index is 0.0191. The van der Waals surface area contributed by atoms with Crippen LogP contribution in [-0.4, -0.2) is 69.2 Å². The first-order valence-corrected chi connectivity index (χ1v) is 23.6. The van der Waals surface area contributed by atoms with Gasteiger partial charge in [0.1, 0.15) is 12.4 Å². The molecule has 0 unspecified atom stereocenters. The van der Waals surface area contributed by atoms with Gasteiger partial charge in [-0.2, -0.15) is 0 Å². The number of hydrogen-bond donors (Lipinski definition) is 4. The molecule has 1 fully saturated rings. The number of hydrogen-bond acceptors (Lipinski definition) is 9. The third-order valence-corrected chi connectivity index (χ3v) is 10.7. The van der Waals surface area contributed by atoms with E-state index in [4.69, 9.17) is 19.3 Å². The number of carbonyl (C=O) groups excluding carboxylic acids is 3. The van der Waals surface area contributed by atoms with Gasteiger partial charge in [-0.15, -0.1) is 0 Å². The Hall–Kier alpha value is -2.40. The SMILES string of the molecule is CCCCC/C=C\C/C=C\CCCCCCCCCCCC(=O)OC[C@H](COP(=O)(O)O)OC(=O)CCC/C=C\C[C@H]1[C@@H](O)CC(=O)[C@@H]1/C=C/[C@@H](O)CCCCC. The van der Waals surface area contributed by atoms with E-state index >= 15 is 0 Å². The molecule has 1 aliphatic rings. The molecule has 0 saturated heterocycles. The highest BCUT2D eigenvalue weighted by Crippen LogP contribution is 2.36. The molecule has 0 aliphatic heterocycles. The molecular formula is C45H77O11P. The van der Waals surface area contributed by atoms with Gasteiger partial charge in [0.2, 0.25) is 0 Å². The van der Waals surface area contributed by atoms with Gasteiger partial charge >= 0.3 is 19.8 Å². The molecular weight excluding hydrogens is 747 g/mol. The highest BCUT2D eigenvalue weighted by atomic mass is 31.2. The molecule has 0 spiro atoms. The molecule has 12 heteroatoms. The Kier molecular flexibility index (Phi) is 31.8. The third kappa shape index (κ3) is 30.3. The normalized spacial score (nSPS) is 18.8. The predicted octanol–water partition coefficient (Wildman–Crippen LogP) is 10.1. The molecule has 0 aromatic carbocycles. The molecule has 328 valence electrons. The number of Topliss-reactive ketones (excluding diaryl/α,β-unsaturated/α-hetero) is 1. The van der Waals surface area contributed by atoms with Gasteiger partial charge in [0, 0.05) is 31.1 Å². The average Bonchev–Trinajstić information content (AvgIpc) is 3.44. The zero-order valence-electron chi connectivity index (χ0n) is 35.2. The first-order chi connectivity index (χ1) is 27.5. The fourth-order valence-corrected chi connectivity index (χ4v) is 7.16. The number of unbranched alkanes of at least 4 members (excludes halogenated alkanes) is 15. The summed E-state index contributed by atoms with van der Waals surface area (Å²) in [7, 11) is -4.83. The third-order valence-electron chi connectivity index (χ3n) is 10.2. The highest BCUT2D eigenvalue weighted by Gasteiger charge is 2.39. The largest absolute Gasteiger partial charge is 0.469 e. The predicted molar refractivity (Wildman–Crippen MR) is 226 cm³/mol. The topological polar surface area (TPSA) is 177 Å². The molecule has 0 aromatic heterocycles. The van der Waals surface area contributed by atoms with E-state index in [0.29, 0.717) is 32.1 Å². The summed E-state index contributed by atoms with van der Waals surface area (Å²) in [5.74, 6) is -1.86. The second kappa shape index (κ2) is 34.5. The number of rotatable bonds is 36. The van der Waals surface area contributed by atoms with Crippen molar-refractivity contribution in [3.8, 4) is 0 Å². The van der Waals surface area contributed by atoms with Crippen LogP contribution in [-0.2, 0) is 32.9 Å². The second-order valence-electron chi connectivity index (χ2n) is 15.5. The Morgan fingerprint density at radius 1 is 0.737 bits per heavy atom. The van der Waals surface area contributed by atoms with E-state index < -0.39 is 50.6 Å². The van der Waals surface area contributed by atoms with Crippen molar-refractivity contribution in [3.63, 3.8) is 0 Å². The lowest BCUT2D eigenvalue weighted by Crippen LogP contribution is -2.29. The van der Waals surface area contributed by atoms with Crippen LogP contribution in [0.2, 0.25) is 0 Å². The maximum Gasteiger partial charge on any atom is 0.469 e. The van der Waals surface area contributed by atoms with Crippen molar-refractivity contribution in [3.05, 3.63) is 48.6 Å². The van der Waals surface area contributed by atoms with E-state index in [1.54, 1.807) is 12.2 Å². The van der Waals surface area contributed by atoms with Gasteiger partial charge in [0.15, 0.2) is 6.10 Å². The molecule has 5 atom stereocenters. The minimum Gasteiger partial charge on any atom is -0.462 e. The first-order valence-electron chi connectivity index (χ1n) is 22.0. The highest BCUT2D eigenvalue weighted by molar-refractivity contribution is 7.46. The van der Waals surface area contributed by atoms with Gasteiger partial charge in [0.05, 0.1) is 18.8 Å². The van der Waals surface area contributed by atoms with E-state index in [9.17, 15) is 29.2 Å². The van der Waals surface area contributed by atoms with Crippen molar-refractivity contribution < 1.29 is 52.9 Å². The van der Waals surface area contributed by atoms with Crippen LogP contribution in [0.25, 0.3) is 0 Å². The summed E-state index contributed by atoms with van der Waals surface area (Å²) in [4.78, 5) is 55.6. The quantitative estimate of drug-likeness (QED) is 0.0205. The molecule has 0 amide bonds. The molecule has 1 aliphatic carbocycles. The molecule has 0 radical (unpaired) electrons. The monoisotopic (exact) mass is 825 g/mol. The van der Waals surface area contributed by atoms with Crippen LogP contribution in [0.15, 0.2) is 48.6 Å². The van der Waals surface area contributed by atoms with Gasteiger partial charge in [0.25, 0.3) is 0 Å². The van der Waals surface area contributed by atoms with Gasteiger partial charge in [-0.05, 0) is 64.2 Å². The Morgan fingerprint density at radius 3 is 1.95 bits per heavy atom. The van der Waals surface area contributed by atoms with Crippen LogP contribution in [0.5, 0.6) is 0 Å². The number of ketones is 1. The molecule has 4 N–H and O–H groups in total. The molecule has 1 rings (SSSR count). The number of ether oxygens (including phenoxy) is 2. The molecule has 0 bridgehead atoms. The summed E-state index contributed by atoms with van der Waals surface area (Å²) in [5.41, 5.74) is 0. The summed E-state index contributed by atoms with van der Waals surface area (Å²) in [6, 6.07) is 0. The lowest BCUT2D eigenvalue weighted by molar-refractivity contribution is -0.161. The standard InChI is InChI=1S/C45H77O11P/c1-3-5-7-8-9-10-11-12-13-14-15-16-17-18-19-20-21-22-27-31-44(49)54-36-39(37-55-57(51,52)53)56-45(50)32-28-24-23-26-30-40-41(43(48)35-42(40)47)34-33-38(46)29-25-6-4-2/h9-10,12-13,23,26,33-34,38-42,46-47H,3-8,11,14-22,24-25,27-32,35-37H2,1-2H3,(H2,51,52,53)/b10-9-,13-12-,26-23-,34-33+/t38-,39+,40+,41+,42-/m0/s1. The van der Waals surface area contributed by atoms with Gasteiger partial charge < -0.3 is 29.5 Å². The van der Waals surface area contributed by atoms with E-state index in [1.807, 2.05) is 12.2 Å². The fraction of sp³-hybridized carbons (Fsp3) is 0.756. The number of aliphatic hydroxyl groups excluding tert-OH is 2. The van der Waals surface area contributed by atoms with E-state index in [-0.39, 0.29) is 37.6 Å². The Labute approximate surface area is 344 Å². The van der Waals surface area contributed by atoms with Crippen LogP contribution in [0.3, 0.4) is 0 Å². The number of allylic oxidation sites excluding steroid dienone is 7. The Bertz CT molecular complexity index is 1220. The van der Waals surface area contributed by atoms with Crippen molar-refractivity contribution in [1.29, 1.82) is 0 Å². The minimum atomic E-state index is -4.83. The fourth-order valence-electron chi connectivity index (χ4n) is 6.80. The first kappa shape index (κ1) is 52.6. The summed E-state index contributed by atoms with van der Waals surface area (Å²) >= 11 is 0. The zero-order valence-corrected chi connectivity index (χ0v) is 36.1. The van der Waals surface area contributed by atoms with Crippen LogP contribution in [0.4, 0.5) is 0 Å². The average molecular weight is 825 g/mol. The van der Waals surface area contributed by atoms with Gasteiger partial charge in [-0.25, -0.2) is 4.57 Å². The number of phosphoric acid groups is 1. The lowest BCUT2D eigenvalue weighted by Gasteiger charge is -2.18. The van der Waals surface area contributed by atoms with Crippen LogP contribution in [0.1, 0.15) is 174 Å². The molecule has 11 nitrogen and oxygen atoms in total.